The molecule has 0 fully saturated rings. The van der Waals surface area contributed by atoms with E-state index in [0.29, 0.717) is 35.2 Å². The Kier molecular flexibility index (Phi) is 16.7. The molecule has 0 saturated carbocycles. The first-order chi connectivity index (χ1) is 18.1. The van der Waals surface area contributed by atoms with Crippen LogP contribution in [0.1, 0.15) is 37.8 Å². The molecular formula is C28H38O10. The lowest BCUT2D eigenvalue weighted by molar-refractivity contribution is -0.137. The Morgan fingerprint density at radius 2 is 1.00 bits per heavy atom. The molecule has 2 aromatic rings. The van der Waals surface area contributed by atoms with Crippen LogP contribution in [0.5, 0.6) is 34.5 Å². The van der Waals surface area contributed by atoms with Gasteiger partial charge in [0.25, 0.3) is 5.97 Å². The van der Waals surface area contributed by atoms with E-state index in [0.717, 1.165) is 23.8 Å². The molecular weight excluding hydrogens is 496 g/mol. The van der Waals surface area contributed by atoms with Crippen LogP contribution in [0.15, 0.2) is 36.4 Å². The number of carbonyl (C=O) groups is 2. The van der Waals surface area contributed by atoms with Gasteiger partial charge in [-0.15, -0.1) is 0 Å². The van der Waals surface area contributed by atoms with Crippen LogP contribution < -0.4 is 28.4 Å². The number of rotatable bonds is 11. The summed E-state index contributed by atoms with van der Waals surface area (Å²) < 4.78 is 31.3. The molecule has 2 rings (SSSR count). The summed E-state index contributed by atoms with van der Waals surface area (Å²) in [5.74, 6) is 2.32. The van der Waals surface area contributed by atoms with Gasteiger partial charge in [-0.05, 0) is 25.5 Å². The molecule has 0 aliphatic rings. The minimum atomic E-state index is -0.833. The fourth-order valence-electron chi connectivity index (χ4n) is 2.96. The lowest BCUT2D eigenvalue weighted by Crippen LogP contribution is -1.94. The summed E-state index contributed by atoms with van der Waals surface area (Å²) >= 11 is 0. The first kappa shape index (κ1) is 33.7. The van der Waals surface area contributed by atoms with Crippen molar-refractivity contribution >= 4 is 24.1 Å². The molecule has 0 amide bonds. The Morgan fingerprint density at radius 1 is 0.658 bits per heavy atom. The number of carboxylic acids is 2. The highest BCUT2D eigenvalue weighted by Crippen LogP contribution is 2.36. The van der Waals surface area contributed by atoms with Crippen molar-refractivity contribution in [2.45, 2.75) is 26.7 Å². The molecule has 0 aromatic heterocycles. The van der Waals surface area contributed by atoms with Crippen LogP contribution in [0.2, 0.25) is 0 Å². The third-order valence-electron chi connectivity index (χ3n) is 4.64. The molecule has 0 spiro atoms. The topological polar surface area (TPSA) is 130 Å². The molecule has 2 aromatic carbocycles. The van der Waals surface area contributed by atoms with Gasteiger partial charge in [-0.25, -0.2) is 0 Å². The van der Waals surface area contributed by atoms with Crippen LogP contribution >= 0.6 is 0 Å². The molecule has 0 aliphatic heterocycles. The minimum absolute atomic E-state index is 0.103. The largest absolute Gasteiger partial charge is 0.496 e. The van der Waals surface area contributed by atoms with E-state index < -0.39 is 11.9 Å². The molecule has 0 saturated heterocycles. The number of methoxy groups -OCH3 is 6. The van der Waals surface area contributed by atoms with Crippen LogP contribution in [-0.4, -0.2) is 64.8 Å². The Morgan fingerprint density at radius 3 is 1.32 bits per heavy atom. The molecule has 10 nitrogen and oxygen atoms in total. The van der Waals surface area contributed by atoms with Crippen LogP contribution in [0.3, 0.4) is 0 Å². The van der Waals surface area contributed by atoms with E-state index in [9.17, 15) is 4.79 Å². The van der Waals surface area contributed by atoms with Gasteiger partial charge in [0.05, 0.1) is 42.7 Å². The van der Waals surface area contributed by atoms with Crippen molar-refractivity contribution in [3.8, 4) is 34.5 Å². The van der Waals surface area contributed by atoms with E-state index in [2.05, 4.69) is 0 Å². The van der Waals surface area contributed by atoms with Gasteiger partial charge in [0.2, 0.25) is 0 Å². The molecule has 0 atom stereocenters. The summed E-state index contributed by atoms with van der Waals surface area (Å²) in [6, 6.07) is 7.22. The predicted molar refractivity (Wildman–Crippen MR) is 146 cm³/mol. The maximum Gasteiger partial charge on any atom is 0.303 e. The number of benzene rings is 2. The lowest BCUT2D eigenvalue weighted by atomic mass is 10.1. The van der Waals surface area contributed by atoms with Crippen molar-refractivity contribution in [2.24, 2.45) is 0 Å². The SMILES string of the molecule is C/C=C/c1cc(OC)c(OC)cc1OC.CC(=O)O.COc1cc(OC)c(OC)cc1/C=C/CCC(=O)O. The van der Waals surface area contributed by atoms with Gasteiger partial charge in [-0.3, -0.25) is 9.59 Å². The van der Waals surface area contributed by atoms with E-state index in [-0.39, 0.29) is 6.42 Å². The monoisotopic (exact) mass is 534 g/mol. The van der Waals surface area contributed by atoms with Gasteiger partial charge in [0.15, 0.2) is 23.0 Å². The second kappa shape index (κ2) is 18.9. The van der Waals surface area contributed by atoms with E-state index in [1.165, 1.54) is 0 Å². The Bertz CT molecular complexity index is 1070. The summed E-state index contributed by atoms with van der Waals surface area (Å²) in [5, 5.41) is 16.0. The average molecular weight is 535 g/mol. The van der Waals surface area contributed by atoms with Crippen molar-refractivity contribution in [1.82, 2.24) is 0 Å². The van der Waals surface area contributed by atoms with Gasteiger partial charge < -0.3 is 38.6 Å². The summed E-state index contributed by atoms with van der Waals surface area (Å²) in [7, 11) is 9.53. The smallest absolute Gasteiger partial charge is 0.303 e. The van der Waals surface area contributed by atoms with Crippen molar-refractivity contribution in [2.75, 3.05) is 42.7 Å². The van der Waals surface area contributed by atoms with E-state index in [1.54, 1.807) is 60.9 Å². The Labute approximate surface area is 224 Å². The number of hydrogen-bond donors (Lipinski definition) is 2. The second-order valence-electron chi connectivity index (χ2n) is 7.25. The molecule has 0 unspecified atom stereocenters. The standard InChI is InChI=1S/C14H18O5.C12H16O3.C2H4O2/c1-17-11-9-13(19-3)12(18-2)8-10(11)6-4-5-7-14(15)16;1-5-6-9-7-11(14-3)12(15-4)8-10(9)13-2;1-2(3)4/h4,6,8-9H,5,7H2,1-3H3,(H,15,16);5-8H,1-4H3;1H3,(H,3,4)/b6-4+;6-5+;. The molecule has 210 valence electrons. The van der Waals surface area contributed by atoms with Gasteiger partial charge in [-0.2, -0.15) is 0 Å². The van der Waals surface area contributed by atoms with Crippen LogP contribution in [0.25, 0.3) is 12.2 Å². The number of ether oxygens (including phenoxy) is 6. The fourth-order valence-corrected chi connectivity index (χ4v) is 2.96. The molecule has 0 radical (unpaired) electrons. The van der Waals surface area contributed by atoms with Crippen LogP contribution in [0, 0.1) is 0 Å². The zero-order valence-corrected chi connectivity index (χ0v) is 23.2. The average Bonchev–Trinajstić information content (AvgIpc) is 2.90. The van der Waals surface area contributed by atoms with Gasteiger partial charge >= 0.3 is 5.97 Å². The summed E-state index contributed by atoms with van der Waals surface area (Å²) in [4.78, 5) is 19.4. The van der Waals surface area contributed by atoms with Gasteiger partial charge in [-0.1, -0.05) is 24.3 Å². The van der Waals surface area contributed by atoms with E-state index >= 15 is 0 Å². The zero-order valence-electron chi connectivity index (χ0n) is 23.2. The van der Waals surface area contributed by atoms with Crippen molar-refractivity contribution in [1.29, 1.82) is 0 Å². The number of allylic oxidation sites excluding steroid dienone is 2. The van der Waals surface area contributed by atoms with Crippen molar-refractivity contribution in [3.63, 3.8) is 0 Å². The lowest BCUT2D eigenvalue weighted by Gasteiger charge is -2.12. The molecule has 38 heavy (non-hydrogen) atoms. The highest BCUT2D eigenvalue weighted by atomic mass is 16.5. The normalized spacial score (nSPS) is 10.0. The Balaban J connectivity index is 0.000000644. The first-order valence-corrected chi connectivity index (χ1v) is 11.4. The summed E-state index contributed by atoms with van der Waals surface area (Å²) in [6.07, 6.45) is 8.07. The highest BCUT2D eigenvalue weighted by molar-refractivity contribution is 5.68. The highest BCUT2D eigenvalue weighted by Gasteiger charge is 2.10. The van der Waals surface area contributed by atoms with Crippen molar-refractivity contribution in [3.05, 3.63) is 47.5 Å². The Hall–Kier alpha value is -4.34. The molecule has 10 heteroatoms. The van der Waals surface area contributed by atoms with Gasteiger partial charge in [0.1, 0.15) is 11.5 Å². The molecule has 0 aliphatic carbocycles. The first-order valence-electron chi connectivity index (χ1n) is 11.4. The van der Waals surface area contributed by atoms with Crippen molar-refractivity contribution < 1.29 is 48.2 Å². The van der Waals surface area contributed by atoms with E-state index in [1.807, 2.05) is 37.3 Å². The van der Waals surface area contributed by atoms with E-state index in [4.69, 9.17) is 43.4 Å². The maximum atomic E-state index is 10.4. The number of hydrogen-bond acceptors (Lipinski definition) is 8. The third kappa shape index (κ3) is 12.1. The fraction of sp³-hybridized carbons (Fsp3) is 0.357. The summed E-state index contributed by atoms with van der Waals surface area (Å²) in [6.45, 7) is 3.04. The predicted octanol–water partition coefficient (Wildman–Crippen LogP) is 5.43. The minimum Gasteiger partial charge on any atom is -0.496 e. The van der Waals surface area contributed by atoms with Crippen LogP contribution in [-0.2, 0) is 9.59 Å². The third-order valence-corrected chi connectivity index (χ3v) is 4.64. The van der Waals surface area contributed by atoms with Crippen LogP contribution in [0.4, 0.5) is 0 Å². The summed E-state index contributed by atoms with van der Waals surface area (Å²) in [5.41, 5.74) is 1.78. The van der Waals surface area contributed by atoms with Gasteiger partial charge in [0, 0.05) is 36.6 Å². The molecule has 2 N–H and O–H groups in total. The number of aliphatic carboxylic acids is 2. The number of carboxylic acid groups (broad SMARTS) is 2. The second-order valence-corrected chi connectivity index (χ2v) is 7.25. The zero-order chi connectivity index (χ0) is 29.1. The quantitative estimate of drug-likeness (QED) is 0.385. The molecule has 0 heterocycles. The maximum absolute atomic E-state index is 10.4. The molecule has 0 bridgehead atoms.